The number of carbonyl (C=O) groups is 2. The Balaban J connectivity index is 1.46. The normalized spacial score (nSPS) is 19.5. The maximum Gasteiger partial charge on any atom is 0.407 e. The number of ether oxygens (including phenoxy) is 1. The van der Waals surface area contributed by atoms with Crippen molar-refractivity contribution in [3.8, 4) is 11.1 Å². The van der Waals surface area contributed by atoms with E-state index in [2.05, 4.69) is 29.6 Å². The number of carboxylic acid groups (broad SMARTS) is 1. The second-order valence-electron chi connectivity index (χ2n) is 9.15. The van der Waals surface area contributed by atoms with Crippen LogP contribution in [0, 0.1) is 5.92 Å². The highest BCUT2D eigenvalue weighted by atomic mass is 31.2. The standard InChI is InChI=1S/C26H30NO6P/c1-34(2,31)33-15-18(14-17-8-7-13-19(17)25(28)29)27-26(30)32-16-24-22-11-5-3-9-20(22)21-10-4-6-12-23(21)24/h3-6,9-12,14,18-19,24H,7-8,13,15-16H2,1-2H3,(H,27,30)(H,28,29)/b17-14+/t18-,19-/m1/s1. The summed E-state index contributed by atoms with van der Waals surface area (Å²) in [7, 11) is -2.79. The molecular weight excluding hydrogens is 453 g/mol. The van der Waals surface area contributed by atoms with Crippen LogP contribution in [0.2, 0.25) is 0 Å². The Morgan fingerprint density at radius 1 is 1.12 bits per heavy atom. The maximum absolute atomic E-state index is 12.7. The van der Waals surface area contributed by atoms with E-state index in [0.29, 0.717) is 12.8 Å². The average Bonchev–Trinajstić information content (AvgIpc) is 3.38. The minimum absolute atomic E-state index is 0.0235. The lowest BCUT2D eigenvalue weighted by atomic mass is 9.98. The van der Waals surface area contributed by atoms with Crippen LogP contribution < -0.4 is 5.32 Å². The molecular formula is C26H30NO6P. The summed E-state index contributed by atoms with van der Waals surface area (Å²) in [5.74, 6) is -1.51. The second-order valence-corrected chi connectivity index (χ2v) is 11.9. The van der Waals surface area contributed by atoms with Crippen molar-refractivity contribution in [3.63, 3.8) is 0 Å². The number of benzene rings is 2. The van der Waals surface area contributed by atoms with E-state index in [-0.39, 0.29) is 19.1 Å². The molecule has 0 radical (unpaired) electrons. The van der Waals surface area contributed by atoms with Crippen LogP contribution in [0.1, 0.15) is 36.3 Å². The van der Waals surface area contributed by atoms with Gasteiger partial charge < -0.3 is 19.7 Å². The van der Waals surface area contributed by atoms with E-state index >= 15 is 0 Å². The largest absolute Gasteiger partial charge is 0.481 e. The van der Waals surface area contributed by atoms with E-state index in [9.17, 15) is 19.3 Å². The van der Waals surface area contributed by atoms with Gasteiger partial charge in [-0.1, -0.05) is 60.2 Å². The third kappa shape index (κ3) is 5.60. The van der Waals surface area contributed by atoms with Crippen LogP contribution in [-0.2, 0) is 18.6 Å². The number of carbonyl (C=O) groups excluding carboxylic acids is 1. The first kappa shape index (κ1) is 24.2. The minimum Gasteiger partial charge on any atom is -0.481 e. The van der Waals surface area contributed by atoms with Gasteiger partial charge in [0.15, 0.2) is 7.37 Å². The molecule has 2 atom stereocenters. The number of aliphatic carboxylic acids is 1. The molecule has 4 rings (SSSR count). The Bertz CT molecular complexity index is 1110. The summed E-state index contributed by atoms with van der Waals surface area (Å²) in [6.45, 7) is 3.15. The van der Waals surface area contributed by atoms with E-state index in [0.717, 1.165) is 34.2 Å². The van der Waals surface area contributed by atoms with E-state index in [1.807, 2.05) is 24.3 Å². The molecule has 0 unspecified atom stereocenters. The smallest absolute Gasteiger partial charge is 0.407 e. The quantitative estimate of drug-likeness (QED) is 0.392. The molecule has 0 aromatic heterocycles. The molecule has 180 valence electrons. The molecule has 2 aromatic rings. The number of hydrogen-bond donors (Lipinski definition) is 2. The SMILES string of the molecule is CP(C)(=O)OC[C@@H](/C=C1\CCC[C@H]1C(=O)O)NC(=O)OCC1c2ccccc2-c2ccccc21. The molecule has 0 saturated heterocycles. The molecule has 2 aliphatic rings. The topological polar surface area (TPSA) is 102 Å². The van der Waals surface area contributed by atoms with Gasteiger partial charge in [-0.2, -0.15) is 0 Å². The summed E-state index contributed by atoms with van der Waals surface area (Å²) < 4.78 is 23.2. The van der Waals surface area contributed by atoms with Gasteiger partial charge in [0, 0.05) is 19.2 Å². The molecule has 8 heteroatoms. The van der Waals surface area contributed by atoms with Crippen molar-refractivity contribution in [2.75, 3.05) is 26.5 Å². The van der Waals surface area contributed by atoms with Crippen LogP contribution in [0.15, 0.2) is 60.2 Å². The van der Waals surface area contributed by atoms with Crippen LogP contribution in [-0.4, -0.2) is 49.8 Å². The Labute approximate surface area is 199 Å². The summed E-state index contributed by atoms with van der Waals surface area (Å²) in [5.41, 5.74) is 5.27. The van der Waals surface area contributed by atoms with Gasteiger partial charge in [-0.05, 0) is 41.5 Å². The fourth-order valence-electron chi connectivity index (χ4n) is 4.79. The molecule has 34 heavy (non-hydrogen) atoms. The molecule has 1 fully saturated rings. The number of amides is 1. The molecule has 0 spiro atoms. The van der Waals surface area contributed by atoms with Crippen molar-refractivity contribution < 1.29 is 28.5 Å². The fraction of sp³-hybridized carbons (Fsp3) is 0.385. The second kappa shape index (κ2) is 10.2. The van der Waals surface area contributed by atoms with E-state index in [4.69, 9.17) is 9.26 Å². The third-order valence-corrected chi connectivity index (χ3v) is 7.10. The molecule has 7 nitrogen and oxygen atoms in total. The summed E-state index contributed by atoms with van der Waals surface area (Å²) in [5, 5.41) is 12.2. The van der Waals surface area contributed by atoms with Crippen molar-refractivity contribution in [3.05, 3.63) is 71.3 Å². The van der Waals surface area contributed by atoms with Gasteiger partial charge in [-0.25, -0.2) is 4.79 Å². The fourth-order valence-corrected chi connectivity index (χ4v) is 5.31. The molecule has 2 aliphatic carbocycles. The first-order valence-corrected chi connectivity index (χ1v) is 14.0. The first-order chi connectivity index (χ1) is 16.2. The van der Waals surface area contributed by atoms with Gasteiger partial charge in [0.05, 0.1) is 18.6 Å². The van der Waals surface area contributed by atoms with Gasteiger partial charge in [0.25, 0.3) is 0 Å². The predicted molar refractivity (Wildman–Crippen MR) is 130 cm³/mol. The van der Waals surface area contributed by atoms with Crippen molar-refractivity contribution >= 4 is 19.4 Å². The lowest BCUT2D eigenvalue weighted by molar-refractivity contribution is -0.140. The number of carboxylic acids is 1. The van der Waals surface area contributed by atoms with Gasteiger partial charge in [0.2, 0.25) is 0 Å². The van der Waals surface area contributed by atoms with Gasteiger partial charge in [-0.15, -0.1) is 0 Å². The van der Waals surface area contributed by atoms with E-state index < -0.39 is 31.4 Å². The monoisotopic (exact) mass is 483 g/mol. The van der Waals surface area contributed by atoms with Crippen molar-refractivity contribution in [1.29, 1.82) is 0 Å². The number of nitrogens with one attached hydrogen (secondary N) is 1. The number of fused-ring (bicyclic) bond motifs is 3. The molecule has 1 amide bonds. The summed E-state index contributed by atoms with van der Waals surface area (Å²) in [4.78, 5) is 24.3. The number of hydrogen-bond acceptors (Lipinski definition) is 5. The Morgan fingerprint density at radius 2 is 1.74 bits per heavy atom. The van der Waals surface area contributed by atoms with Gasteiger partial charge in [-0.3, -0.25) is 9.36 Å². The molecule has 2 N–H and O–H groups in total. The van der Waals surface area contributed by atoms with Crippen LogP contribution in [0.5, 0.6) is 0 Å². The summed E-state index contributed by atoms with van der Waals surface area (Å²) >= 11 is 0. The highest BCUT2D eigenvalue weighted by Crippen LogP contribution is 2.44. The van der Waals surface area contributed by atoms with Gasteiger partial charge >= 0.3 is 12.1 Å². The van der Waals surface area contributed by atoms with Crippen LogP contribution in [0.25, 0.3) is 11.1 Å². The Kier molecular flexibility index (Phi) is 7.24. The lowest BCUT2D eigenvalue weighted by Crippen LogP contribution is -2.38. The van der Waals surface area contributed by atoms with Crippen LogP contribution >= 0.6 is 7.37 Å². The Hall–Kier alpha value is -2.89. The zero-order chi connectivity index (χ0) is 24.3. The molecule has 2 aromatic carbocycles. The average molecular weight is 484 g/mol. The molecule has 0 bridgehead atoms. The van der Waals surface area contributed by atoms with E-state index in [1.165, 1.54) is 13.3 Å². The zero-order valence-electron chi connectivity index (χ0n) is 19.4. The maximum atomic E-state index is 12.7. The van der Waals surface area contributed by atoms with Crippen molar-refractivity contribution in [1.82, 2.24) is 5.32 Å². The number of alkyl carbamates (subject to hydrolysis) is 1. The lowest BCUT2D eigenvalue weighted by Gasteiger charge is -2.20. The highest BCUT2D eigenvalue weighted by molar-refractivity contribution is 7.57. The molecule has 1 saturated carbocycles. The van der Waals surface area contributed by atoms with E-state index in [1.54, 1.807) is 6.08 Å². The zero-order valence-corrected chi connectivity index (χ0v) is 20.3. The molecule has 0 heterocycles. The van der Waals surface area contributed by atoms with Crippen molar-refractivity contribution in [2.45, 2.75) is 31.2 Å². The molecule has 0 aliphatic heterocycles. The first-order valence-electron chi connectivity index (χ1n) is 11.5. The summed E-state index contributed by atoms with van der Waals surface area (Å²) in [6, 6.07) is 15.6. The Morgan fingerprint density at radius 3 is 2.32 bits per heavy atom. The van der Waals surface area contributed by atoms with Crippen LogP contribution in [0.3, 0.4) is 0 Å². The van der Waals surface area contributed by atoms with Crippen LogP contribution in [0.4, 0.5) is 4.79 Å². The third-order valence-electron chi connectivity index (χ3n) is 6.33. The summed E-state index contributed by atoms with van der Waals surface area (Å²) in [6.07, 6.45) is 3.10. The highest BCUT2D eigenvalue weighted by Gasteiger charge is 2.30. The predicted octanol–water partition coefficient (Wildman–Crippen LogP) is 5.26. The van der Waals surface area contributed by atoms with Crippen molar-refractivity contribution in [2.24, 2.45) is 5.92 Å². The minimum atomic E-state index is -2.79. The number of rotatable bonds is 8. The van der Waals surface area contributed by atoms with Gasteiger partial charge in [0.1, 0.15) is 6.61 Å².